The van der Waals surface area contributed by atoms with E-state index in [1.807, 2.05) is 16.6 Å². The van der Waals surface area contributed by atoms with Crippen LogP contribution in [0.4, 0.5) is 11.6 Å². The average Bonchev–Trinajstić information content (AvgIpc) is 3.39. The largest absolute Gasteiger partial charge is 0.355 e. The van der Waals surface area contributed by atoms with Gasteiger partial charge in [0.1, 0.15) is 17.7 Å². The number of aryl methyl sites for hydroxylation is 1. The number of halogens is 1. The Hall–Kier alpha value is -2.92. The Balaban J connectivity index is 1.33. The lowest BCUT2D eigenvalue weighted by molar-refractivity contribution is 0.533. The highest BCUT2D eigenvalue weighted by atomic mass is 35.5. The summed E-state index contributed by atoms with van der Waals surface area (Å²) in [6.45, 7) is 5.79. The van der Waals surface area contributed by atoms with E-state index in [1.54, 1.807) is 12.3 Å². The van der Waals surface area contributed by atoms with Crippen LogP contribution in [0.5, 0.6) is 0 Å². The monoisotopic (exact) mass is 394 g/mol. The fraction of sp³-hybridized carbons (Fsp3) is 0.421. The van der Waals surface area contributed by atoms with Crippen molar-refractivity contribution in [2.45, 2.75) is 13.3 Å². The first-order valence-electron chi connectivity index (χ1n) is 9.43. The van der Waals surface area contributed by atoms with E-state index >= 15 is 0 Å². The second kappa shape index (κ2) is 6.60. The van der Waals surface area contributed by atoms with Crippen molar-refractivity contribution in [2.24, 2.45) is 11.8 Å². The Morgan fingerprint density at radius 2 is 1.89 bits per heavy atom. The molecule has 0 aromatic carbocycles. The van der Waals surface area contributed by atoms with Crippen LogP contribution in [0, 0.1) is 23.2 Å². The normalized spacial score (nSPS) is 21.3. The van der Waals surface area contributed by atoms with Crippen molar-refractivity contribution in [1.82, 2.24) is 24.8 Å². The highest BCUT2D eigenvalue weighted by Gasteiger charge is 2.41. The van der Waals surface area contributed by atoms with E-state index in [4.69, 9.17) is 22.0 Å². The third-order valence-corrected chi connectivity index (χ3v) is 5.97. The quantitative estimate of drug-likeness (QED) is 0.672. The molecule has 2 saturated heterocycles. The van der Waals surface area contributed by atoms with Crippen LogP contribution in [0.25, 0.3) is 5.65 Å². The van der Waals surface area contributed by atoms with E-state index in [-0.39, 0.29) is 0 Å². The first-order chi connectivity index (χ1) is 13.7. The molecule has 0 saturated carbocycles. The highest BCUT2D eigenvalue weighted by Crippen LogP contribution is 2.37. The molecule has 0 aliphatic carbocycles. The van der Waals surface area contributed by atoms with Crippen LogP contribution in [0.15, 0.2) is 24.4 Å². The predicted octanol–water partition coefficient (Wildman–Crippen LogP) is 2.18. The van der Waals surface area contributed by atoms with Crippen molar-refractivity contribution in [2.75, 3.05) is 36.0 Å². The number of fused-ring (bicyclic) bond motifs is 2. The molecule has 0 radical (unpaired) electrons. The second-order valence-corrected chi connectivity index (χ2v) is 7.81. The summed E-state index contributed by atoms with van der Waals surface area (Å²) >= 11 is 6.35. The molecule has 142 valence electrons. The minimum Gasteiger partial charge on any atom is -0.355 e. The molecule has 2 aliphatic heterocycles. The molecule has 2 fully saturated rings. The van der Waals surface area contributed by atoms with Gasteiger partial charge in [-0.3, -0.25) is 0 Å². The minimum absolute atomic E-state index is 0.487. The summed E-state index contributed by atoms with van der Waals surface area (Å²) in [7, 11) is 0. The maximum absolute atomic E-state index is 8.99. The molecule has 0 amide bonds. The van der Waals surface area contributed by atoms with Gasteiger partial charge in [-0.25, -0.2) is 4.98 Å². The third-order valence-electron chi connectivity index (χ3n) is 5.69. The molecule has 2 unspecified atom stereocenters. The Morgan fingerprint density at radius 3 is 2.57 bits per heavy atom. The standard InChI is InChI=1S/C19H19ClN8/c1-2-16-23-24-17-3-4-18(25-28(16)17)26-8-13-10-27(11-14(13)9-26)19-15(20)5-12(6-21)7-22-19/h3-5,7,13-14H,2,8-11H2,1H3. The van der Waals surface area contributed by atoms with Crippen LogP contribution in [-0.4, -0.2) is 51.0 Å². The number of hydrogen-bond donors (Lipinski definition) is 0. The van der Waals surface area contributed by atoms with Crippen LogP contribution in [0.2, 0.25) is 5.02 Å². The molecule has 5 heterocycles. The highest BCUT2D eigenvalue weighted by molar-refractivity contribution is 6.33. The summed E-state index contributed by atoms with van der Waals surface area (Å²) in [5.74, 6) is 3.70. The number of anilines is 2. The Labute approximate surface area is 167 Å². The van der Waals surface area contributed by atoms with E-state index in [1.165, 1.54) is 0 Å². The molecule has 3 aromatic heterocycles. The lowest BCUT2D eigenvalue weighted by atomic mass is 10.0. The number of pyridine rings is 1. The Bertz CT molecular complexity index is 1070. The predicted molar refractivity (Wildman–Crippen MR) is 106 cm³/mol. The van der Waals surface area contributed by atoms with E-state index in [0.29, 0.717) is 22.4 Å². The number of hydrogen-bond acceptors (Lipinski definition) is 7. The molecule has 0 N–H and O–H groups in total. The molecule has 0 bridgehead atoms. The van der Waals surface area contributed by atoms with Crippen LogP contribution < -0.4 is 9.80 Å². The number of nitrogens with zero attached hydrogens (tertiary/aromatic N) is 8. The molecule has 2 aliphatic rings. The first kappa shape index (κ1) is 17.2. The van der Waals surface area contributed by atoms with Gasteiger partial charge in [0.25, 0.3) is 0 Å². The SMILES string of the molecule is CCc1nnc2ccc(N3CC4CN(c5ncc(C#N)cc5Cl)CC4C3)nn12. The summed E-state index contributed by atoms with van der Waals surface area (Å²) in [5.41, 5.74) is 1.27. The molecular weight excluding hydrogens is 376 g/mol. The summed E-state index contributed by atoms with van der Waals surface area (Å²) < 4.78 is 1.84. The smallest absolute Gasteiger partial charge is 0.178 e. The van der Waals surface area contributed by atoms with Gasteiger partial charge in [0, 0.05) is 50.6 Å². The van der Waals surface area contributed by atoms with E-state index in [0.717, 1.165) is 55.7 Å². The van der Waals surface area contributed by atoms with Crippen molar-refractivity contribution in [3.8, 4) is 6.07 Å². The maximum atomic E-state index is 8.99. The second-order valence-electron chi connectivity index (χ2n) is 7.40. The third kappa shape index (κ3) is 2.74. The molecule has 8 nitrogen and oxygen atoms in total. The zero-order valence-electron chi connectivity index (χ0n) is 15.5. The maximum Gasteiger partial charge on any atom is 0.178 e. The summed E-state index contributed by atoms with van der Waals surface area (Å²) in [6, 6.07) is 7.78. The van der Waals surface area contributed by atoms with Gasteiger partial charge in [-0.05, 0) is 18.2 Å². The van der Waals surface area contributed by atoms with Crippen molar-refractivity contribution < 1.29 is 0 Å². The van der Waals surface area contributed by atoms with Gasteiger partial charge in [0.05, 0.1) is 10.6 Å². The van der Waals surface area contributed by atoms with Gasteiger partial charge in [0.2, 0.25) is 0 Å². The molecule has 3 aromatic rings. The number of aromatic nitrogens is 5. The van der Waals surface area contributed by atoms with Crippen LogP contribution in [0.1, 0.15) is 18.3 Å². The lowest BCUT2D eigenvalue weighted by Gasteiger charge is -2.23. The van der Waals surface area contributed by atoms with Crippen molar-refractivity contribution in [1.29, 1.82) is 5.26 Å². The van der Waals surface area contributed by atoms with Gasteiger partial charge in [-0.15, -0.1) is 15.3 Å². The Kier molecular flexibility index (Phi) is 4.05. The van der Waals surface area contributed by atoms with Crippen molar-refractivity contribution in [3.63, 3.8) is 0 Å². The molecule has 2 atom stereocenters. The molecule has 0 spiro atoms. The number of rotatable bonds is 3. The zero-order valence-corrected chi connectivity index (χ0v) is 16.2. The van der Waals surface area contributed by atoms with Crippen LogP contribution in [0.3, 0.4) is 0 Å². The van der Waals surface area contributed by atoms with Crippen molar-refractivity contribution in [3.05, 3.63) is 40.8 Å². The van der Waals surface area contributed by atoms with Crippen molar-refractivity contribution >= 4 is 28.9 Å². The van der Waals surface area contributed by atoms with Crippen LogP contribution >= 0.6 is 11.6 Å². The topological polar surface area (TPSA) is 86.2 Å². The first-order valence-corrected chi connectivity index (χ1v) is 9.81. The van der Waals surface area contributed by atoms with Gasteiger partial charge >= 0.3 is 0 Å². The number of nitriles is 1. The average molecular weight is 395 g/mol. The molecule has 5 rings (SSSR count). The summed E-state index contributed by atoms with van der Waals surface area (Å²) in [5, 5.41) is 22.7. The minimum atomic E-state index is 0.487. The van der Waals surface area contributed by atoms with E-state index in [9.17, 15) is 0 Å². The summed E-state index contributed by atoms with van der Waals surface area (Å²) in [4.78, 5) is 9.00. The molecule has 9 heteroatoms. The lowest BCUT2D eigenvalue weighted by Crippen LogP contribution is -2.30. The van der Waals surface area contributed by atoms with Gasteiger partial charge in [-0.2, -0.15) is 9.78 Å². The fourth-order valence-electron chi connectivity index (χ4n) is 4.29. The van der Waals surface area contributed by atoms with Gasteiger partial charge < -0.3 is 9.80 Å². The van der Waals surface area contributed by atoms with Crippen LogP contribution in [-0.2, 0) is 6.42 Å². The van der Waals surface area contributed by atoms with E-state index in [2.05, 4.69) is 38.0 Å². The molecular formula is C19H19ClN8. The Morgan fingerprint density at radius 1 is 1.14 bits per heavy atom. The summed E-state index contributed by atoms with van der Waals surface area (Å²) in [6.07, 6.45) is 2.39. The van der Waals surface area contributed by atoms with Gasteiger partial charge in [-0.1, -0.05) is 18.5 Å². The zero-order chi connectivity index (χ0) is 19.3. The molecule has 28 heavy (non-hydrogen) atoms. The fourth-order valence-corrected chi connectivity index (χ4v) is 4.58. The van der Waals surface area contributed by atoms with E-state index < -0.39 is 0 Å². The van der Waals surface area contributed by atoms with Gasteiger partial charge in [0.15, 0.2) is 11.5 Å².